The number of rotatable bonds is 7. The van der Waals surface area contributed by atoms with E-state index >= 15 is 0 Å². The van der Waals surface area contributed by atoms with Crippen molar-refractivity contribution in [3.8, 4) is 0 Å². The molecule has 0 saturated heterocycles. The van der Waals surface area contributed by atoms with Crippen LogP contribution in [-0.4, -0.2) is 38.0 Å². The monoisotopic (exact) mass is 314 g/mol. The number of carbonyl (C=O) groups excluding carboxylic acids is 1. The molecular weight excluding hydrogens is 296 g/mol. The standard InChI is InChI=1S/C13H18N2O5S/c1-3-14-21(19,20)11-6-4-10(5-7-11)13(18)15-9(2)8-12(16)17/h4-7,9,14H,3,8H2,1-2H3,(H,15,18)(H,16,17). The molecule has 0 saturated carbocycles. The molecule has 3 N–H and O–H groups in total. The minimum absolute atomic E-state index is 0.0690. The number of benzene rings is 1. The van der Waals surface area contributed by atoms with Crippen molar-refractivity contribution in [1.82, 2.24) is 10.0 Å². The summed E-state index contributed by atoms with van der Waals surface area (Å²) in [4.78, 5) is 22.4. The molecule has 21 heavy (non-hydrogen) atoms. The molecule has 8 heteroatoms. The molecule has 0 bridgehead atoms. The number of carboxylic acids is 1. The van der Waals surface area contributed by atoms with Gasteiger partial charge in [0.05, 0.1) is 11.3 Å². The fourth-order valence-corrected chi connectivity index (χ4v) is 2.72. The second kappa shape index (κ2) is 7.19. The normalized spacial score (nSPS) is 12.7. The van der Waals surface area contributed by atoms with Crippen LogP contribution >= 0.6 is 0 Å². The van der Waals surface area contributed by atoms with Crippen LogP contribution in [0.3, 0.4) is 0 Å². The second-order valence-corrected chi connectivity index (χ2v) is 6.27. The van der Waals surface area contributed by atoms with E-state index in [-0.39, 0.29) is 23.4 Å². The molecule has 0 heterocycles. The van der Waals surface area contributed by atoms with Crippen LogP contribution in [0, 0.1) is 0 Å². The van der Waals surface area contributed by atoms with E-state index in [1.54, 1.807) is 13.8 Å². The first-order valence-corrected chi connectivity index (χ1v) is 7.87. The summed E-state index contributed by atoms with van der Waals surface area (Å²) < 4.78 is 25.8. The molecule has 1 aromatic carbocycles. The molecule has 7 nitrogen and oxygen atoms in total. The lowest BCUT2D eigenvalue weighted by molar-refractivity contribution is -0.137. The van der Waals surface area contributed by atoms with Gasteiger partial charge in [-0.15, -0.1) is 0 Å². The third kappa shape index (κ3) is 5.16. The van der Waals surface area contributed by atoms with Gasteiger partial charge >= 0.3 is 5.97 Å². The third-order valence-corrected chi connectivity index (χ3v) is 4.18. The lowest BCUT2D eigenvalue weighted by Crippen LogP contribution is -2.34. The number of aliphatic carboxylic acids is 1. The predicted molar refractivity (Wildman–Crippen MR) is 76.5 cm³/mol. The van der Waals surface area contributed by atoms with E-state index in [9.17, 15) is 18.0 Å². The smallest absolute Gasteiger partial charge is 0.305 e. The zero-order valence-corrected chi connectivity index (χ0v) is 12.6. The summed E-state index contributed by atoms with van der Waals surface area (Å²) in [5.41, 5.74) is 0.266. The van der Waals surface area contributed by atoms with Gasteiger partial charge < -0.3 is 10.4 Å². The van der Waals surface area contributed by atoms with Crippen LogP contribution in [0.5, 0.6) is 0 Å². The Balaban J connectivity index is 2.78. The fraction of sp³-hybridized carbons (Fsp3) is 0.385. The van der Waals surface area contributed by atoms with Crippen LogP contribution in [0.2, 0.25) is 0 Å². The van der Waals surface area contributed by atoms with E-state index in [0.717, 1.165) is 0 Å². The Labute approximate surface area is 123 Å². The number of sulfonamides is 1. The minimum Gasteiger partial charge on any atom is -0.481 e. The van der Waals surface area contributed by atoms with E-state index in [4.69, 9.17) is 5.11 Å². The Kier molecular flexibility index (Phi) is 5.86. The van der Waals surface area contributed by atoms with Crippen LogP contribution in [0.1, 0.15) is 30.6 Å². The van der Waals surface area contributed by atoms with Gasteiger partial charge in [0.25, 0.3) is 5.91 Å². The average Bonchev–Trinajstić information content (AvgIpc) is 2.37. The molecule has 0 aliphatic rings. The van der Waals surface area contributed by atoms with Crippen LogP contribution in [-0.2, 0) is 14.8 Å². The number of hydrogen-bond acceptors (Lipinski definition) is 4. The molecule has 0 fully saturated rings. The van der Waals surface area contributed by atoms with E-state index < -0.39 is 27.9 Å². The Morgan fingerprint density at radius 3 is 2.29 bits per heavy atom. The fourth-order valence-electron chi connectivity index (χ4n) is 1.68. The first-order valence-electron chi connectivity index (χ1n) is 6.38. The predicted octanol–water partition coefficient (Wildman–Crippen LogP) is 0.578. The summed E-state index contributed by atoms with van der Waals surface area (Å²) in [6, 6.07) is 4.91. The van der Waals surface area contributed by atoms with Crippen LogP contribution < -0.4 is 10.0 Å². The van der Waals surface area contributed by atoms with Crippen molar-refractivity contribution in [3.05, 3.63) is 29.8 Å². The molecule has 0 aromatic heterocycles. The topological polar surface area (TPSA) is 113 Å². The lowest BCUT2D eigenvalue weighted by atomic mass is 10.2. The number of nitrogens with one attached hydrogen (secondary N) is 2. The Morgan fingerprint density at radius 1 is 1.24 bits per heavy atom. The summed E-state index contributed by atoms with van der Waals surface area (Å²) >= 11 is 0. The van der Waals surface area contributed by atoms with Crippen molar-refractivity contribution in [2.24, 2.45) is 0 Å². The van der Waals surface area contributed by atoms with Gasteiger partial charge in [-0.05, 0) is 31.2 Å². The van der Waals surface area contributed by atoms with Gasteiger partial charge in [-0.3, -0.25) is 9.59 Å². The Morgan fingerprint density at radius 2 is 1.81 bits per heavy atom. The highest BCUT2D eigenvalue weighted by atomic mass is 32.2. The zero-order chi connectivity index (χ0) is 16.0. The Bertz CT molecular complexity index is 610. The number of hydrogen-bond donors (Lipinski definition) is 3. The van der Waals surface area contributed by atoms with Gasteiger partial charge in [0.1, 0.15) is 0 Å². The maximum Gasteiger partial charge on any atom is 0.305 e. The molecule has 0 radical (unpaired) electrons. The van der Waals surface area contributed by atoms with Crippen LogP contribution in [0.25, 0.3) is 0 Å². The van der Waals surface area contributed by atoms with Crippen molar-refractivity contribution in [2.45, 2.75) is 31.2 Å². The first-order chi connectivity index (χ1) is 9.76. The van der Waals surface area contributed by atoms with Crippen LogP contribution in [0.15, 0.2) is 29.2 Å². The summed E-state index contributed by atoms with van der Waals surface area (Å²) in [5.74, 6) is -1.45. The quantitative estimate of drug-likeness (QED) is 0.681. The molecule has 0 aliphatic carbocycles. The van der Waals surface area contributed by atoms with Crippen molar-refractivity contribution >= 4 is 21.9 Å². The zero-order valence-electron chi connectivity index (χ0n) is 11.8. The average molecular weight is 314 g/mol. The number of amides is 1. The maximum atomic E-state index is 11.9. The molecular formula is C13H18N2O5S. The van der Waals surface area contributed by atoms with E-state index in [0.29, 0.717) is 0 Å². The first kappa shape index (κ1) is 17.1. The number of carbonyl (C=O) groups is 2. The van der Waals surface area contributed by atoms with E-state index in [2.05, 4.69) is 10.0 Å². The molecule has 1 unspecified atom stereocenters. The molecule has 0 aliphatic heterocycles. The van der Waals surface area contributed by atoms with Crippen molar-refractivity contribution in [3.63, 3.8) is 0 Å². The highest BCUT2D eigenvalue weighted by Gasteiger charge is 2.15. The second-order valence-electron chi connectivity index (χ2n) is 4.50. The molecule has 0 spiro atoms. The van der Waals surface area contributed by atoms with Gasteiger partial charge in [0, 0.05) is 18.2 Å². The Hall–Kier alpha value is -1.93. The summed E-state index contributed by atoms with van der Waals surface area (Å²) in [6.07, 6.45) is -0.182. The molecule has 1 aromatic rings. The van der Waals surface area contributed by atoms with Gasteiger partial charge in [0.15, 0.2) is 0 Å². The highest BCUT2D eigenvalue weighted by molar-refractivity contribution is 7.89. The maximum absolute atomic E-state index is 11.9. The van der Waals surface area contributed by atoms with Crippen molar-refractivity contribution < 1.29 is 23.1 Å². The van der Waals surface area contributed by atoms with Gasteiger partial charge in [-0.1, -0.05) is 6.92 Å². The highest BCUT2D eigenvalue weighted by Crippen LogP contribution is 2.10. The molecule has 116 valence electrons. The molecule has 1 atom stereocenters. The van der Waals surface area contributed by atoms with Gasteiger partial charge in [-0.2, -0.15) is 0 Å². The summed E-state index contributed by atoms with van der Waals surface area (Å²) in [5, 5.41) is 11.1. The largest absolute Gasteiger partial charge is 0.481 e. The van der Waals surface area contributed by atoms with Crippen molar-refractivity contribution in [1.29, 1.82) is 0 Å². The minimum atomic E-state index is -3.55. The SMILES string of the molecule is CCNS(=O)(=O)c1ccc(C(=O)NC(C)CC(=O)O)cc1. The van der Waals surface area contributed by atoms with E-state index in [1.165, 1.54) is 24.3 Å². The van der Waals surface area contributed by atoms with Crippen molar-refractivity contribution in [2.75, 3.05) is 6.54 Å². The lowest BCUT2D eigenvalue weighted by Gasteiger charge is -2.12. The third-order valence-electron chi connectivity index (χ3n) is 2.62. The van der Waals surface area contributed by atoms with Gasteiger partial charge in [0.2, 0.25) is 10.0 Å². The van der Waals surface area contributed by atoms with Crippen LogP contribution in [0.4, 0.5) is 0 Å². The summed E-state index contributed by atoms with van der Waals surface area (Å²) in [7, 11) is -3.55. The number of carboxylic acid groups (broad SMARTS) is 1. The molecule has 1 rings (SSSR count). The van der Waals surface area contributed by atoms with Gasteiger partial charge in [-0.25, -0.2) is 13.1 Å². The summed E-state index contributed by atoms with van der Waals surface area (Å²) in [6.45, 7) is 3.52. The van der Waals surface area contributed by atoms with E-state index in [1.807, 2.05) is 0 Å². The molecule has 1 amide bonds.